The smallest absolute Gasteiger partial charge is 0.296 e. The van der Waals surface area contributed by atoms with Gasteiger partial charge in [0.1, 0.15) is 11.4 Å². The number of aromatic hydroxyl groups is 1. The minimum absolute atomic E-state index is 0.0854. The van der Waals surface area contributed by atoms with Crippen LogP contribution in [0.2, 0.25) is 10.0 Å². The van der Waals surface area contributed by atoms with Crippen LogP contribution < -0.4 is 10.1 Å². The number of nitro benzene ring substituents is 1. The Balaban J connectivity index is 2.43. The first-order valence-corrected chi connectivity index (χ1v) is 6.95. The highest BCUT2D eigenvalue weighted by molar-refractivity contribution is 6.42. The first-order valence-electron chi connectivity index (χ1n) is 6.20. The molecule has 0 aliphatic rings. The molecule has 0 aromatic heterocycles. The maximum absolute atomic E-state index is 11.2. The summed E-state index contributed by atoms with van der Waals surface area (Å²) in [5.74, 6) is -0.786. The maximum atomic E-state index is 11.2. The molecule has 0 radical (unpaired) electrons. The lowest BCUT2D eigenvalue weighted by Crippen LogP contribution is -2.08. The number of carbonyl (C=O) groups is 1. The molecule has 0 unspecified atom stereocenters. The second-order valence-electron chi connectivity index (χ2n) is 4.45. The second-order valence-corrected chi connectivity index (χ2v) is 5.27. The molecule has 0 atom stereocenters. The average Bonchev–Trinajstić information content (AvgIpc) is 2.45. The van der Waals surface area contributed by atoms with Gasteiger partial charge in [0.15, 0.2) is 11.5 Å². The van der Waals surface area contributed by atoms with Crippen LogP contribution in [-0.4, -0.2) is 15.9 Å². The van der Waals surface area contributed by atoms with E-state index in [0.717, 1.165) is 12.1 Å². The minimum atomic E-state index is -0.728. The van der Waals surface area contributed by atoms with E-state index in [1.807, 2.05) is 0 Å². The molecule has 2 N–H and O–H groups in total. The zero-order chi connectivity index (χ0) is 17.1. The van der Waals surface area contributed by atoms with Crippen molar-refractivity contribution in [1.29, 1.82) is 0 Å². The normalized spacial score (nSPS) is 10.2. The van der Waals surface area contributed by atoms with Gasteiger partial charge in [0.05, 0.1) is 21.0 Å². The lowest BCUT2D eigenvalue weighted by molar-refractivity contribution is -0.384. The fourth-order valence-corrected chi connectivity index (χ4v) is 2.04. The topological polar surface area (TPSA) is 102 Å². The molecule has 1 amide bonds. The van der Waals surface area contributed by atoms with E-state index >= 15 is 0 Å². The number of hydrogen-bond acceptors (Lipinski definition) is 5. The highest BCUT2D eigenvalue weighted by atomic mass is 35.5. The fourth-order valence-electron chi connectivity index (χ4n) is 1.75. The zero-order valence-electron chi connectivity index (χ0n) is 11.7. The van der Waals surface area contributed by atoms with E-state index in [9.17, 15) is 20.0 Å². The van der Waals surface area contributed by atoms with E-state index in [4.69, 9.17) is 27.9 Å². The number of halogens is 2. The van der Waals surface area contributed by atoms with E-state index in [2.05, 4.69) is 5.32 Å². The number of carbonyl (C=O) groups excluding carboxylic acids is 1. The molecule has 0 fully saturated rings. The number of phenolic OH excluding ortho intramolecular Hbond substituents is 1. The van der Waals surface area contributed by atoms with Crippen LogP contribution in [0.1, 0.15) is 6.92 Å². The van der Waals surface area contributed by atoms with Gasteiger partial charge in [0.25, 0.3) is 5.69 Å². The number of nitro groups is 1. The quantitative estimate of drug-likeness (QED) is 0.481. The second kappa shape index (κ2) is 6.72. The van der Waals surface area contributed by atoms with Crippen molar-refractivity contribution in [2.24, 2.45) is 0 Å². The number of amides is 1. The summed E-state index contributed by atoms with van der Waals surface area (Å²) >= 11 is 11.7. The van der Waals surface area contributed by atoms with E-state index < -0.39 is 22.3 Å². The number of benzene rings is 2. The van der Waals surface area contributed by atoms with Crippen molar-refractivity contribution in [1.82, 2.24) is 0 Å². The van der Waals surface area contributed by atoms with Gasteiger partial charge in [-0.05, 0) is 12.1 Å². The molecule has 23 heavy (non-hydrogen) atoms. The molecule has 0 aliphatic carbocycles. The van der Waals surface area contributed by atoms with E-state index in [-0.39, 0.29) is 22.2 Å². The first-order chi connectivity index (χ1) is 10.8. The van der Waals surface area contributed by atoms with Crippen LogP contribution in [0.15, 0.2) is 30.3 Å². The van der Waals surface area contributed by atoms with E-state index in [1.165, 1.54) is 25.1 Å². The Kier molecular flexibility index (Phi) is 4.92. The zero-order valence-corrected chi connectivity index (χ0v) is 13.2. The Morgan fingerprint density at radius 1 is 1.26 bits per heavy atom. The Bertz CT molecular complexity index is 795. The number of phenols is 1. The largest absolute Gasteiger partial charge is 0.504 e. The lowest BCUT2D eigenvalue weighted by atomic mass is 10.2. The predicted octanol–water partition coefficient (Wildman–Crippen LogP) is 4.36. The van der Waals surface area contributed by atoms with Gasteiger partial charge in [0, 0.05) is 19.1 Å². The molecule has 0 spiro atoms. The summed E-state index contributed by atoms with van der Waals surface area (Å²) in [6.07, 6.45) is 0. The summed E-state index contributed by atoms with van der Waals surface area (Å²) in [5, 5.41) is 23.7. The van der Waals surface area contributed by atoms with E-state index in [1.54, 1.807) is 0 Å². The van der Waals surface area contributed by atoms with Gasteiger partial charge in [-0.25, -0.2) is 0 Å². The van der Waals surface area contributed by atoms with Crippen molar-refractivity contribution in [2.45, 2.75) is 6.92 Å². The standard InChI is InChI=1S/C14H10Cl2N2O5/c1-7(19)17-11-5-14(13(20)6-12(11)18(21)22)23-8-2-3-9(15)10(16)4-8/h2-6,20H,1H3,(H,17,19). The molecule has 2 rings (SSSR count). The number of nitrogens with zero attached hydrogens (tertiary/aromatic N) is 1. The predicted molar refractivity (Wildman–Crippen MR) is 85.6 cm³/mol. The summed E-state index contributed by atoms with van der Waals surface area (Å²) in [7, 11) is 0. The number of rotatable bonds is 4. The van der Waals surface area contributed by atoms with Gasteiger partial charge in [-0.1, -0.05) is 23.2 Å². The van der Waals surface area contributed by atoms with Gasteiger partial charge < -0.3 is 15.2 Å². The van der Waals surface area contributed by atoms with Crippen molar-refractivity contribution in [3.8, 4) is 17.2 Å². The summed E-state index contributed by atoms with van der Waals surface area (Å²) < 4.78 is 5.43. The van der Waals surface area contributed by atoms with Crippen molar-refractivity contribution < 1.29 is 19.6 Å². The van der Waals surface area contributed by atoms with Crippen molar-refractivity contribution in [2.75, 3.05) is 5.32 Å². The maximum Gasteiger partial charge on any atom is 0.296 e. The van der Waals surface area contributed by atoms with Crippen LogP contribution in [-0.2, 0) is 4.79 Å². The fraction of sp³-hybridized carbons (Fsp3) is 0.0714. The molecule has 0 saturated heterocycles. The van der Waals surface area contributed by atoms with Crippen LogP contribution in [0.25, 0.3) is 0 Å². The molecular weight excluding hydrogens is 347 g/mol. The number of ether oxygens (including phenoxy) is 1. The molecule has 2 aromatic carbocycles. The third kappa shape index (κ3) is 4.02. The summed E-state index contributed by atoms with van der Waals surface area (Å²) in [6.45, 7) is 1.20. The molecule has 0 saturated carbocycles. The van der Waals surface area contributed by atoms with Gasteiger partial charge in [-0.3, -0.25) is 14.9 Å². The molecule has 9 heteroatoms. The SMILES string of the molecule is CC(=O)Nc1cc(Oc2ccc(Cl)c(Cl)c2)c(O)cc1[N+](=O)[O-]. The number of anilines is 1. The Hall–Kier alpha value is -2.51. The molecule has 7 nitrogen and oxygen atoms in total. The number of hydrogen-bond donors (Lipinski definition) is 2. The van der Waals surface area contributed by atoms with Crippen LogP contribution >= 0.6 is 23.2 Å². The highest BCUT2D eigenvalue weighted by Crippen LogP contribution is 2.40. The monoisotopic (exact) mass is 356 g/mol. The van der Waals surface area contributed by atoms with Crippen LogP contribution in [0.4, 0.5) is 11.4 Å². The van der Waals surface area contributed by atoms with Crippen LogP contribution in [0, 0.1) is 10.1 Å². The lowest BCUT2D eigenvalue weighted by Gasteiger charge is -2.11. The summed E-state index contributed by atoms with van der Waals surface area (Å²) in [5.41, 5.74) is -0.561. The minimum Gasteiger partial charge on any atom is -0.504 e. The van der Waals surface area contributed by atoms with Crippen molar-refractivity contribution >= 4 is 40.5 Å². The Morgan fingerprint density at radius 3 is 2.52 bits per heavy atom. The first kappa shape index (κ1) is 16.9. The third-order valence-corrected chi connectivity index (χ3v) is 3.44. The van der Waals surface area contributed by atoms with Crippen LogP contribution in [0.3, 0.4) is 0 Å². The molecule has 120 valence electrons. The van der Waals surface area contributed by atoms with Crippen molar-refractivity contribution in [3.05, 3.63) is 50.5 Å². The average molecular weight is 357 g/mol. The highest BCUT2D eigenvalue weighted by Gasteiger charge is 2.20. The Labute approximate surface area is 140 Å². The summed E-state index contributed by atoms with van der Waals surface area (Å²) in [4.78, 5) is 21.4. The van der Waals surface area contributed by atoms with Gasteiger partial charge in [0.2, 0.25) is 5.91 Å². The molecule has 0 aliphatic heterocycles. The molecule has 0 heterocycles. The Morgan fingerprint density at radius 2 is 1.96 bits per heavy atom. The van der Waals surface area contributed by atoms with Crippen LogP contribution in [0.5, 0.6) is 17.2 Å². The molecular formula is C14H10Cl2N2O5. The number of nitrogens with one attached hydrogen (secondary N) is 1. The third-order valence-electron chi connectivity index (χ3n) is 2.70. The molecule has 2 aromatic rings. The summed E-state index contributed by atoms with van der Waals surface area (Å²) in [6, 6.07) is 6.46. The van der Waals surface area contributed by atoms with Gasteiger partial charge >= 0.3 is 0 Å². The molecule has 0 bridgehead atoms. The van der Waals surface area contributed by atoms with Crippen molar-refractivity contribution in [3.63, 3.8) is 0 Å². The van der Waals surface area contributed by atoms with Gasteiger partial charge in [-0.2, -0.15) is 0 Å². The van der Waals surface area contributed by atoms with E-state index in [0.29, 0.717) is 5.02 Å². The van der Waals surface area contributed by atoms with Gasteiger partial charge in [-0.15, -0.1) is 0 Å².